The fraction of sp³-hybridized carbons (Fsp3) is 0.550. The van der Waals surface area contributed by atoms with Crippen molar-refractivity contribution in [1.29, 1.82) is 0 Å². The highest BCUT2D eigenvalue weighted by Crippen LogP contribution is 2.19. The first-order valence-corrected chi connectivity index (χ1v) is 11.8. The third-order valence-corrected chi connectivity index (χ3v) is 6.74. The fourth-order valence-electron chi connectivity index (χ4n) is 3.31. The summed E-state index contributed by atoms with van der Waals surface area (Å²) in [5.74, 6) is -0.0816. The monoisotopic (exact) mass is 439 g/mol. The summed E-state index contributed by atoms with van der Waals surface area (Å²) in [5, 5.41) is 0. The van der Waals surface area contributed by atoms with Crippen LogP contribution in [0.5, 0.6) is 0 Å². The summed E-state index contributed by atoms with van der Waals surface area (Å²) in [6.07, 6.45) is 4.46. The molecule has 0 bridgehead atoms. The van der Waals surface area contributed by atoms with Crippen LogP contribution in [0.2, 0.25) is 0 Å². The molecule has 1 saturated heterocycles. The number of methoxy groups -OCH3 is 1. The van der Waals surface area contributed by atoms with Gasteiger partial charge in [0.2, 0.25) is 5.91 Å². The zero-order valence-corrected chi connectivity index (χ0v) is 18.2. The van der Waals surface area contributed by atoms with E-state index in [0.717, 1.165) is 36.1 Å². The summed E-state index contributed by atoms with van der Waals surface area (Å²) in [6.45, 7) is 2.61. The molecule has 9 heteroatoms. The van der Waals surface area contributed by atoms with E-state index in [4.69, 9.17) is 4.74 Å². The van der Waals surface area contributed by atoms with Crippen LogP contribution in [-0.4, -0.2) is 59.6 Å². The van der Waals surface area contributed by atoms with E-state index < -0.39 is 0 Å². The van der Waals surface area contributed by atoms with Gasteiger partial charge in [-0.1, -0.05) is 24.2 Å². The number of carbonyl (C=O) groups excluding carboxylic acids is 2. The van der Waals surface area contributed by atoms with Crippen molar-refractivity contribution < 1.29 is 18.7 Å². The maximum Gasteiger partial charge on any atom is 0.258 e. The molecule has 0 aliphatic carbocycles. The molecule has 2 aromatic rings. The van der Waals surface area contributed by atoms with Gasteiger partial charge in [0.25, 0.3) is 5.91 Å². The van der Waals surface area contributed by atoms with Crippen LogP contribution in [0.15, 0.2) is 23.2 Å². The van der Waals surface area contributed by atoms with Crippen LogP contribution in [0.1, 0.15) is 25.7 Å². The van der Waals surface area contributed by atoms with Gasteiger partial charge in [0, 0.05) is 26.7 Å². The highest BCUT2D eigenvalue weighted by Gasteiger charge is 2.16. The lowest BCUT2D eigenvalue weighted by Gasteiger charge is -2.19. The van der Waals surface area contributed by atoms with Gasteiger partial charge in [-0.25, -0.2) is 4.39 Å². The summed E-state index contributed by atoms with van der Waals surface area (Å²) in [6, 6.07) is 4.53. The highest BCUT2D eigenvalue weighted by atomic mass is 32.2. The Morgan fingerprint density at radius 3 is 2.69 bits per heavy atom. The molecule has 3 rings (SSSR count). The molecule has 2 heterocycles. The molecule has 1 aromatic carbocycles. The molecule has 0 spiro atoms. The summed E-state index contributed by atoms with van der Waals surface area (Å²) in [5.41, 5.74) is 0.823. The number of thioether (sulfide) groups is 1. The number of hydrogen-bond acceptors (Lipinski definition) is 5. The lowest BCUT2D eigenvalue weighted by Crippen LogP contribution is -2.33. The Balaban J connectivity index is 1.65. The molecule has 0 radical (unpaired) electrons. The van der Waals surface area contributed by atoms with E-state index in [-0.39, 0.29) is 23.4 Å². The Labute approximate surface area is 177 Å². The normalized spacial score (nSPS) is 15.7. The molecule has 6 nitrogen and oxygen atoms in total. The number of benzene rings is 1. The van der Waals surface area contributed by atoms with Gasteiger partial charge >= 0.3 is 0 Å². The third kappa shape index (κ3) is 6.13. The highest BCUT2D eigenvalue weighted by molar-refractivity contribution is 8.00. The molecular formula is C20H26FN3O3S2. The van der Waals surface area contributed by atoms with E-state index in [1.165, 1.54) is 48.1 Å². The second-order valence-corrected chi connectivity index (χ2v) is 8.93. The first kappa shape index (κ1) is 22.0. The van der Waals surface area contributed by atoms with Crippen LogP contribution in [0.25, 0.3) is 10.2 Å². The van der Waals surface area contributed by atoms with Gasteiger partial charge in [-0.05, 0) is 31.0 Å². The molecule has 0 N–H and O–H groups in total. The van der Waals surface area contributed by atoms with E-state index in [9.17, 15) is 14.0 Å². The summed E-state index contributed by atoms with van der Waals surface area (Å²) >= 11 is 2.58. The maximum atomic E-state index is 13.5. The lowest BCUT2D eigenvalue weighted by molar-refractivity contribution is -0.128. The zero-order valence-electron chi connectivity index (χ0n) is 16.6. The molecule has 2 amide bonds. The molecule has 1 aromatic heterocycles. The van der Waals surface area contributed by atoms with Gasteiger partial charge < -0.3 is 14.2 Å². The predicted octanol–water partition coefficient (Wildman–Crippen LogP) is 3.05. The molecule has 0 atom stereocenters. The number of thiazole rings is 1. The summed E-state index contributed by atoms with van der Waals surface area (Å²) < 4.78 is 21.3. The quantitative estimate of drug-likeness (QED) is 0.665. The number of nitrogens with zero attached hydrogens (tertiary/aromatic N) is 3. The minimum atomic E-state index is -0.321. The van der Waals surface area contributed by atoms with E-state index in [1.54, 1.807) is 13.2 Å². The Bertz CT molecular complexity index is 917. The van der Waals surface area contributed by atoms with Crippen molar-refractivity contribution in [2.24, 2.45) is 4.99 Å². The van der Waals surface area contributed by atoms with Crippen LogP contribution in [0.4, 0.5) is 4.39 Å². The van der Waals surface area contributed by atoms with Crippen molar-refractivity contribution in [2.45, 2.75) is 32.2 Å². The smallest absolute Gasteiger partial charge is 0.258 e. The number of halogens is 1. The Morgan fingerprint density at radius 1 is 1.21 bits per heavy atom. The molecule has 158 valence electrons. The number of fused-ring (bicyclic) bond motifs is 1. The van der Waals surface area contributed by atoms with E-state index in [0.29, 0.717) is 23.7 Å². The van der Waals surface area contributed by atoms with E-state index in [2.05, 4.69) is 4.99 Å². The van der Waals surface area contributed by atoms with E-state index in [1.807, 2.05) is 9.47 Å². The molecule has 29 heavy (non-hydrogen) atoms. The van der Waals surface area contributed by atoms with Crippen LogP contribution in [-0.2, 0) is 20.9 Å². The van der Waals surface area contributed by atoms with Crippen LogP contribution in [0, 0.1) is 5.82 Å². The topological polar surface area (TPSA) is 63.9 Å². The van der Waals surface area contributed by atoms with Crippen molar-refractivity contribution in [2.75, 3.05) is 38.3 Å². The summed E-state index contributed by atoms with van der Waals surface area (Å²) in [4.78, 5) is 31.3. The average Bonchev–Trinajstić information content (AvgIpc) is 2.86. The molecular weight excluding hydrogens is 413 g/mol. The number of ether oxygens (including phenoxy) is 1. The Morgan fingerprint density at radius 2 is 1.97 bits per heavy atom. The SMILES string of the molecule is COCCn1c(=NC(=O)CSCC(=O)N2CCCCCC2)sc2cc(F)ccc21. The first-order valence-electron chi connectivity index (χ1n) is 9.79. The van der Waals surface area contributed by atoms with Crippen molar-refractivity contribution in [3.8, 4) is 0 Å². The number of hydrogen-bond donors (Lipinski definition) is 0. The molecule has 0 unspecified atom stereocenters. The van der Waals surface area contributed by atoms with Gasteiger partial charge in [0.15, 0.2) is 4.80 Å². The standard InChI is InChI=1S/C20H26FN3O3S2/c1-27-11-10-24-16-7-6-15(21)12-17(16)29-20(24)22-18(25)13-28-14-19(26)23-8-4-2-3-5-9-23/h6-7,12H,2-5,8-11,13-14H2,1H3. The number of rotatable bonds is 7. The zero-order chi connectivity index (χ0) is 20.6. The second kappa shape index (κ2) is 10.9. The van der Waals surface area contributed by atoms with Gasteiger partial charge in [-0.3, -0.25) is 9.59 Å². The molecule has 0 saturated carbocycles. The minimum Gasteiger partial charge on any atom is -0.383 e. The predicted molar refractivity (Wildman–Crippen MR) is 115 cm³/mol. The number of amides is 2. The fourth-order valence-corrected chi connectivity index (χ4v) is 5.10. The average molecular weight is 440 g/mol. The van der Waals surface area contributed by atoms with Crippen molar-refractivity contribution in [1.82, 2.24) is 9.47 Å². The Kier molecular flexibility index (Phi) is 8.26. The van der Waals surface area contributed by atoms with Gasteiger partial charge in [-0.2, -0.15) is 4.99 Å². The lowest BCUT2D eigenvalue weighted by atomic mass is 10.2. The van der Waals surface area contributed by atoms with E-state index >= 15 is 0 Å². The molecule has 1 aliphatic rings. The third-order valence-electron chi connectivity index (χ3n) is 4.79. The van der Waals surface area contributed by atoms with Crippen LogP contribution in [0.3, 0.4) is 0 Å². The van der Waals surface area contributed by atoms with Crippen molar-refractivity contribution in [3.05, 3.63) is 28.8 Å². The largest absolute Gasteiger partial charge is 0.383 e. The second-order valence-electron chi connectivity index (χ2n) is 6.93. The van der Waals surface area contributed by atoms with Crippen LogP contribution >= 0.6 is 23.1 Å². The number of carbonyl (C=O) groups is 2. The number of aromatic nitrogens is 1. The molecule has 1 fully saturated rings. The van der Waals surface area contributed by atoms with Crippen molar-refractivity contribution in [3.63, 3.8) is 0 Å². The Hall–Kier alpha value is -1.71. The van der Waals surface area contributed by atoms with Gasteiger partial charge in [0.1, 0.15) is 5.82 Å². The summed E-state index contributed by atoms with van der Waals surface area (Å²) in [7, 11) is 1.61. The number of likely N-dealkylation sites (tertiary alicyclic amines) is 1. The molecule has 1 aliphatic heterocycles. The minimum absolute atomic E-state index is 0.0946. The van der Waals surface area contributed by atoms with Crippen molar-refractivity contribution >= 4 is 45.1 Å². The van der Waals surface area contributed by atoms with Gasteiger partial charge in [-0.15, -0.1) is 11.8 Å². The van der Waals surface area contributed by atoms with Crippen LogP contribution < -0.4 is 4.80 Å². The van der Waals surface area contributed by atoms with Gasteiger partial charge in [0.05, 0.1) is 28.3 Å². The maximum absolute atomic E-state index is 13.5. The first-order chi connectivity index (χ1) is 14.1.